The zero-order valence-corrected chi connectivity index (χ0v) is 12.7. The van der Waals surface area contributed by atoms with E-state index in [0.717, 1.165) is 19.4 Å². The van der Waals surface area contributed by atoms with Crippen LogP contribution in [0.25, 0.3) is 0 Å². The third-order valence-corrected chi connectivity index (χ3v) is 5.09. The van der Waals surface area contributed by atoms with Gasteiger partial charge in [0.25, 0.3) is 0 Å². The molecule has 0 aromatic carbocycles. The molecule has 0 bridgehead atoms. The summed E-state index contributed by atoms with van der Waals surface area (Å²) in [7, 11) is 0.0457. The van der Waals surface area contributed by atoms with E-state index in [9.17, 15) is 13.2 Å². The van der Waals surface area contributed by atoms with E-state index >= 15 is 0 Å². The van der Waals surface area contributed by atoms with Gasteiger partial charge >= 0.3 is 5.97 Å². The molecule has 0 radical (unpaired) electrons. The topological polar surface area (TPSA) is 75.7 Å². The van der Waals surface area contributed by atoms with Gasteiger partial charge in [-0.3, -0.25) is 4.79 Å². The second-order valence-electron chi connectivity index (χ2n) is 5.17. The Hall–Kier alpha value is -0.660. The summed E-state index contributed by atoms with van der Waals surface area (Å²) < 4.78 is 31.0. The minimum Gasteiger partial charge on any atom is -0.469 e. The second-order valence-corrected chi connectivity index (χ2v) is 7.04. The number of methoxy groups -OCH3 is 1. The maximum atomic E-state index is 11.9. The van der Waals surface area contributed by atoms with Gasteiger partial charge in [0.1, 0.15) is 0 Å². The van der Waals surface area contributed by atoms with Crippen LogP contribution in [-0.2, 0) is 19.6 Å². The van der Waals surface area contributed by atoms with Crippen molar-refractivity contribution >= 4 is 16.0 Å². The molecule has 0 aromatic rings. The average Bonchev–Trinajstić information content (AvgIpc) is 2.33. The van der Waals surface area contributed by atoms with E-state index in [0.29, 0.717) is 12.5 Å². The molecule has 7 heteroatoms. The van der Waals surface area contributed by atoms with Gasteiger partial charge in [-0.1, -0.05) is 0 Å². The fourth-order valence-corrected chi connectivity index (χ4v) is 3.58. The molecular weight excluding hydrogens is 268 g/mol. The lowest BCUT2D eigenvalue weighted by Crippen LogP contribution is -2.47. The van der Waals surface area contributed by atoms with E-state index in [1.807, 2.05) is 7.05 Å². The van der Waals surface area contributed by atoms with Crippen molar-refractivity contribution in [2.24, 2.45) is 0 Å². The summed E-state index contributed by atoms with van der Waals surface area (Å²) in [6.45, 7) is 2.99. The van der Waals surface area contributed by atoms with Crippen LogP contribution in [0.4, 0.5) is 0 Å². The molecule has 0 saturated carbocycles. The molecule has 1 N–H and O–H groups in total. The lowest BCUT2D eigenvalue weighted by Gasteiger charge is -2.35. The van der Waals surface area contributed by atoms with Crippen LogP contribution < -0.4 is 4.72 Å². The molecule has 1 aliphatic heterocycles. The van der Waals surface area contributed by atoms with Crippen LogP contribution >= 0.6 is 0 Å². The standard InChI is InChI=1S/C12H24N2O4S/c1-10-9-11(6-7-14(10)2)13-19(16,17)8-4-5-12(15)18-3/h10-11,13H,4-9H2,1-3H3. The van der Waals surface area contributed by atoms with E-state index in [4.69, 9.17) is 0 Å². The number of nitrogens with zero attached hydrogens (tertiary/aromatic N) is 1. The van der Waals surface area contributed by atoms with Crippen molar-refractivity contribution in [1.82, 2.24) is 9.62 Å². The van der Waals surface area contributed by atoms with Crippen molar-refractivity contribution in [3.8, 4) is 0 Å². The molecule has 1 heterocycles. The Morgan fingerprint density at radius 1 is 1.47 bits per heavy atom. The zero-order chi connectivity index (χ0) is 14.5. The smallest absolute Gasteiger partial charge is 0.305 e. The van der Waals surface area contributed by atoms with Crippen LogP contribution in [0.3, 0.4) is 0 Å². The Morgan fingerprint density at radius 3 is 2.74 bits per heavy atom. The molecule has 19 heavy (non-hydrogen) atoms. The number of likely N-dealkylation sites (tertiary alicyclic amines) is 1. The van der Waals surface area contributed by atoms with Crippen LogP contribution in [0.1, 0.15) is 32.6 Å². The van der Waals surface area contributed by atoms with Crippen molar-refractivity contribution in [3.05, 3.63) is 0 Å². The highest BCUT2D eigenvalue weighted by atomic mass is 32.2. The van der Waals surface area contributed by atoms with Gasteiger partial charge in [0.05, 0.1) is 12.9 Å². The van der Waals surface area contributed by atoms with Crippen LogP contribution in [0.2, 0.25) is 0 Å². The summed E-state index contributed by atoms with van der Waals surface area (Å²) in [5.41, 5.74) is 0. The van der Waals surface area contributed by atoms with Crippen LogP contribution in [-0.4, -0.2) is 57.8 Å². The first-order valence-corrected chi connectivity index (χ1v) is 8.26. The first-order chi connectivity index (χ1) is 8.84. The number of hydrogen-bond donors (Lipinski definition) is 1. The average molecular weight is 292 g/mol. The van der Waals surface area contributed by atoms with Crippen molar-refractivity contribution in [2.45, 2.75) is 44.7 Å². The molecule has 1 aliphatic rings. The third kappa shape index (κ3) is 5.88. The monoisotopic (exact) mass is 292 g/mol. The fourth-order valence-electron chi connectivity index (χ4n) is 2.22. The van der Waals surface area contributed by atoms with Gasteiger partial charge in [-0.05, 0) is 39.8 Å². The van der Waals surface area contributed by atoms with E-state index in [2.05, 4.69) is 21.3 Å². The zero-order valence-electron chi connectivity index (χ0n) is 11.9. The number of hydrogen-bond acceptors (Lipinski definition) is 5. The molecule has 0 spiro atoms. The Balaban J connectivity index is 2.36. The number of carbonyl (C=O) groups is 1. The lowest BCUT2D eigenvalue weighted by molar-refractivity contribution is -0.140. The van der Waals surface area contributed by atoms with Crippen molar-refractivity contribution in [2.75, 3.05) is 26.5 Å². The minimum absolute atomic E-state index is 0.00864. The Morgan fingerprint density at radius 2 is 2.16 bits per heavy atom. The summed E-state index contributed by atoms with van der Waals surface area (Å²) in [4.78, 5) is 13.1. The number of nitrogens with one attached hydrogen (secondary N) is 1. The molecule has 112 valence electrons. The molecule has 2 unspecified atom stereocenters. The molecule has 0 aliphatic carbocycles. The molecule has 2 atom stereocenters. The van der Waals surface area contributed by atoms with Gasteiger partial charge in [0.15, 0.2) is 0 Å². The number of sulfonamides is 1. The first kappa shape index (κ1) is 16.4. The Labute approximate surface area is 115 Å². The number of piperidine rings is 1. The van der Waals surface area contributed by atoms with Crippen molar-refractivity contribution in [1.29, 1.82) is 0 Å². The fraction of sp³-hybridized carbons (Fsp3) is 0.917. The van der Waals surface area contributed by atoms with Gasteiger partial charge in [-0.25, -0.2) is 13.1 Å². The van der Waals surface area contributed by atoms with E-state index in [1.54, 1.807) is 0 Å². The number of carbonyl (C=O) groups excluding carboxylic acids is 1. The predicted octanol–water partition coefficient (Wildman–Crippen LogP) is 0.342. The second kappa shape index (κ2) is 7.21. The van der Waals surface area contributed by atoms with Gasteiger partial charge < -0.3 is 9.64 Å². The summed E-state index contributed by atoms with van der Waals surface area (Å²) >= 11 is 0. The number of esters is 1. The van der Waals surface area contributed by atoms with Crippen LogP contribution in [0.15, 0.2) is 0 Å². The Bertz CT molecular complexity index is 397. The quantitative estimate of drug-likeness (QED) is 0.715. The van der Waals surface area contributed by atoms with Gasteiger partial charge in [-0.2, -0.15) is 0 Å². The third-order valence-electron chi connectivity index (χ3n) is 3.58. The maximum absolute atomic E-state index is 11.9. The van der Waals surface area contributed by atoms with E-state index in [-0.39, 0.29) is 24.2 Å². The lowest BCUT2D eigenvalue weighted by atomic mass is 10.0. The highest BCUT2D eigenvalue weighted by molar-refractivity contribution is 7.89. The molecule has 6 nitrogen and oxygen atoms in total. The molecule has 1 rings (SSSR count). The predicted molar refractivity (Wildman–Crippen MR) is 73.3 cm³/mol. The molecular formula is C12H24N2O4S. The van der Waals surface area contributed by atoms with Gasteiger partial charge in [0, 0.05) is 18.5 Å². The molecule has 0 aromatic heterocycles. The summed E-state index contributed by atoms with van der Waals surface area (Å²) in [5, 5.41) is 0. The van der Waals surface area contributed by atoms with Crippen LogP contribution in [0.5, 0.6) is 0 Å². The number of rotatable bonds is 6. The SMILES string of the molecule is COC(=O)CCCS(=O)(=O)NC1CCN(C)C(C)C1. The summed E-state index contributed by atoms with van der Waals surface area (Å²) in [6, 6.07) is 0.394. The Kier molecular flexibility index (Phi) is 6.22. The summed E-state index contributed by atoms with van der Waals surface area (Å²) in [5.74, 6) is -0.397. The van der Waals surface area contributed by atoms with Gasteiger partial charge in [0.2, 0.25) is 10.0 Å². The highest BCUT2D eigenvalue weighted by Gasteiger charge is 2.26. The van der Waals surface area contributed by atoms with Crippen molar-refractivity contribution in [3.63, 3.8) is 0 Å². The minimum atomic E-state index is -3.30. The van der Waals surface area contributed by atoms with E-state index in [1.165, 1.54) is 7.11 Å². The summed E-state index contributed by atoms with van der Waals surface area (Å²) in [6.07, 6.45) is 2.09. The molecule has 1 fully saturated rings. The number of ether oxygens (including phenoxy) is 1. The largest absolute Gasteiger partial charge is 0.469 e. The molecule has 1 saturated heterocycles. The maximum Gasteiger partial charge on any atom is 0.305 e. The van der Waals surface area contributed by atoms with E-state index < -0.39 is 10.0 Å². The molecule has 0 amide bonds. The van der Waals surface area contributed by atoms with Crippen LogP contribution in [0, 0.1) is 0 Å². The van der Waals surface area contributed by atoms with Gasteiger partial charge in [-0.15, -0.1) is 0 Å². The van der Waals surface area contributed by atoms with Crippen molar-refractivity contribution < 1.29 is 17.9 Å². The first-order valence-electron chi connectivity index (χ1n) is 6.61. The highest BCUT2D eigenvalue weighted by Crippen LogP contribution is 2.16. The normalized spacial score (nSPS) is 25.2.